The first-order valence-electron chi connectivity index (χ1n) is 8.53. The lowest BCUT2D eigenvalue weighted by Crippen LogP contribution is -2.37. The summed E-state index contributed by atoms with van der Waals surface area (Å²) in [6, 6.07) is 4.10. The van der Waals surface area contributed by atoms with E-state index >= 15 is 0 Å². The third-order valence-electron chi connectivity index (χ3n) is 4.77. The maximum absolute atomic E-state index is 13.4. The Kier molecular flexibility index (Phi) is 5.91. The minimum absolute atomic E-state index is 0.241. The molecule has 2 aliphatic rings. The molecule has 3 rings (SSSR count). The average molecular weight is 455 g/mol. The van der Waals surface area contributed by atoms with Gasteiger partial charge in [-0.2, -0.15) is 21.6 Å². The molecule has 1 unspecified atom stereocenters. The molecule has 0 radical (unpaired) electrons. The standard InChI is InChI=1S/C17H17F4NO5S2/c18-12-2-1-3-13(8-12)28(23,24)14-4-5-15(11-6-7-22-10-11)16(9-14)27-29(25,26)17(19,20)21/h1-5,8-9,11,15-16,22H,6-7,10H2/t11-,15+,16?/m1/s1. The second-order valence-electron chi connectivity index (χ2n) is 6.68. The van der Waals surface area contributed by atoms with E-state index in [1.54, 1.807) is 0 Å². The molecular formula is C17H17F4NO5S2. The largest absolute Gasteiger partial charge is 0.523 e. The van der Waals surface area contributed by atoms with E-state index in [1.807, 2.05) is 0 Å². The predicted octanol–water partition coefficient (Wildman–Crippen LogP) is 2.51. The van der Waals surface area contributed by atoms with Gasteiger partial charge in [0.2, 0.25) is 9.84 Å². The van der Waals surface area contributed by atoms with Gasteiger partial charge in [0.15, 0.2) is 0 Å². The van der Waals surface area contributed by atoms with Crippen molar-refractivity contribution in [3.8, 4) is 0 Å². The lowest BCUT2D eigenvalue weighted by atomic mass is 9.84. The maximum Gasteiger partial charge on any atom is 0.523 e. The van der Waals surface area contributed by atoms with Crippen molar-refractivity contribution in [2.45, 2.75) is 22.9 Å². The molecule has 1 aliphatic heterocycles. The Morgan fingerprint density at radius 2 is 1.86 bits per heavy atom. The third-order valence-corrected chi connectivity index (χ3v) is 7.58. The van der Waals surface area contributed by atoms with E-state index in [2.05, 4.69) is 9.50 Å². The molecule has 1 aromatic carbocycles. The van der Waals surface area contributed by atoms with Crippen LogP contribution in [-0.2, 0) is 24.1 Å². The molecule has 0 saturated carbocycles. The summed E-state index contributed by atoms with van der Waals surface area (Å²) in [5, 5.41) is 3.02. The summed E-state index contributed by atoms with van der Waals surface area (Å²) in [6.45, 7) is 1.01. The molecule has 6 nitrogen and oxygen atoms in total. The second kappa shape index (κ2) is 7.82. The summed E-state index contributed by atoms with van der Waals surface area (Å²) in [5.41, 5.74) is -5.65. The van der Waals surface area contributed by atoms with Gasteiger partial charge in [-0.25, -0.2) is 12.8 Å². The summed E-state index contributed by atoms with van der Waals surface area (Å²) in [5.74, 6) is -1.84. The predicted molar refractivity (Wildman–Crippen MR) is 95.1 cm³/mol. The summed E-state index contributed by atoms with van der Waals surface area (Å²) >= 11 is 0. The Labute approximate surface area is 165 Å². The molecule has 1 aromatic rings. The lowest BCUT2D eigenvalue weighted by molar-refractivity contribution is -0.0576. The minimum Gasteiger partial charge on any atom is -0.316 e. The lowest BCUT2D eigenvalue weighted by Gasteiger charge is -2.29. The van der Waals surface area contributed by atoms with Crippen LogP contribution in [0.25, 0.3) is 0 Å². The zero-order valence-electron chi connectivity index (χ0n) is 14.8. The fraction of sp³-hybridized carbons (Fsp3) is 0.412. The van der Waals surface area contributed by atoms with E-state index in [-0.39, 0.29) is 5.92 Å². The van der Waals surface area contributed by atoms with Gasteiger partial charge in [0.25, 0.3) is 0 Å². The van der Waals surface area contributed by atoms with Crippen LogP contribution >= 0.6 is 0 Å². The molecule has 1 heterocycles. The Morgan fingerprint density at radius 1 is 1.14 bits per heavy atom. The highest BCUT2D eigenvalue weighted by molar-refractivity contribution is 7.95. The summed E-state index contributed by atoms with van der Waals surface area (Å²) in [7, 11) is -10.2. The van der Waals surface area contributed by atoms with Crippen LogP contribution in [0.3, 0.4) is 0 Å². The number of halogens is 4. The highest BCUT2D eigenvalue weighted by Crippen LogP contribution is 2.36. The van der Waals surface area contributed by atoms with E-state index < -0.39 is 53.1 Å². The first-order valence-corrected chi connectivity index (χ1v) is 11.4. The number of hydrogen-bond acceptors (Lipinski definition) is 6. The van der Waals surface area contributed by atoms with Gasteiger partial charge in [-0.1, -0.05) is 12.1 Å². The monoisotopic (exact) mass is 455 g/mol. The first-order chi connectivity index (χ1) is 13.4. The molecule has 0 amide bonds. The van der Waals surface area contributed by atoms with Crippen LogP contribution in [-0.4, -0.2) is 41.5 Å². The van der Waals surface area contributed by atoms with Crippen molar-refractivity contribution in [1.82, 2.24) is 5.32 Å². The second-order valence-corrected chi connectivity index (χ2v) is 10.2. The van der Waals surface area contributed by atoms with Crippen molar-refractivity contribution < 1.29 is 38.6 Å². The normalized spacial score (nSPS) is 25.8. The van der Waals surface area contributed by atoms with Crippen LogP contribution in [0.2, 0.25) is 0 Å². The molecule has 29 heavy (non-hydrogen) atoms. The van der Waals surface area contributed by atoms with Gasteiger partial charge in [0.1, 0.15) is 11.9 Å². The molecule has 1 saturated heterocycles. The van der Waals surface area contributed by atoms with E-state index in [0.29, 0.717) is 19.5 Å². The molecular weight excluding hydrogens is 438 g/mol. The zero-order chi connectivity index (χ0) is 21.4. The molecule has 0 aromatic heterocycles. The van der Waals surface area contributed by atoms with Gasteiger partial charge >= 0.3 is 15.6 Å². The highest BCUT2D eigenvalue weighted by Gasteiger charge is 2.50. The quantitative estimate of drug-likeness (QED) is 0.417. The first kappa shape index (κ1) is 21.9. The molecule has 3 atom stereocenters. The summed E-state index contributed by atoms with van der Waals surface area (Å²) < 4.78 is 105. The molecule has 1 fully saturated rings. The summed E-state index contributed by atoms with van der Waals surface area (Å²) in [6.07, 6.45) is 2.24. The van der Waals surface area contributed by atoms with Gasteiger partial charge < -0.3 is 5.32 Å². The topological polar surface area (TPSA) is 89.5 Å². The number of benzene rings is 1. The maximum atomic E-state index is 13.4. The Bertz CT molecular complexity index is 1040. The number of nitrogens with one attached hydrogen (secondary N) is 1. The molecule has 1 N–H and O–H groups in total. The number of sulfone groups is 1. The molecule has 1 aliphatic carbocycles. The number of hydrogen-bond donors (Lipinski definition) is 1. The molecule has 0 bridgehead atoms. The van der Waals surface area contributed by atoms with Gasteiger partial charge in [-0.15, -0.1) is 0 Å². The summed E-state index contributed by atoms with van der Waals surface area (Å²) in [4.78, 5) is -0.875. The van der Waals surface area contributed by atoms with E-state index in [1.165, 1.54) is 18.2 Å². The van der Waals surface area contributed by atoms with Crippen LogP contribution < -0.4 is 5.32 Å². The van der Waals surface area contributed by atoms with Crippen molar-refractivity contribution >= 4 is 20.0 Å². The van der Waals surface area contributed by atoms with Crippen molar-refractivity contribution in [3.05, 3.63) is 53.2 Å². The smallest absolute Gasteiger partial charge is 0.316 e. The number of rotatable bonds is 5. The van der Waals surface area contributed by atoms with Gasteiger partial charge in [0, 0.05) is 5.92 Å². The molecule has 12 heteroatoms. The van der Waals surface area contributed by atoms with Gasteiger partial charge in [0.05, 0.1) is 9.80 Å². The van der Waals surface area contributed by atoms with Crippen molar-refractivity contribution in [3.63, 3.8) is 0 Å². The zero-order valence-corrected chi connectivity index (χ0v) is 16.4. The van der Waals surface area contributed by atoms with Gasteiger partial charge in [-0.3, -0.25) is 4.18 Å². The Balaban J connectivity index is 2.00. The average Bonchev–Trinajstić information content (AvgIpc) is 3.14. The minimum atomic E-state index is -5.95. The molecule has 0 spiro atoms. The van der Waals surface area contributed by atoms with Crippen LogP contribution in [0.5, 0.6) is 0 Å². The Morgan fingerprint density at radius 3 is 2.45 bits per heavy atom. The number of alkyl halides is 3. The van der Waals surface area contributed by atoms with Crippen LogP contribution in [0, 0.1) is 17.7 Å². The van der Waals surface area contributed by atoms with E-state index in [9.17, 15) is 34.4 Å². The van der Waals surface area contributed by atoms with Crippen molar-refractivity contribution in [2.75, 3.05) is 13.1 Å². The Hall–Kier alpha value is -1.76. The SMILES string of the molecule is O=S(=O)(C1=CC(OS(=O)(=O)C(F)(F)F)[C@H]([C@@H]2CCNC2)C=C1)c1cccc(F)c1. The van der Waals surface area contributed by atoms with Crippen molar-refractivity contribution in [2.24, 2.45) is 11.8 Å². The van der Waals surface area contributed by atoms with Crippen molar-refractivity contribution in [1.29, 1.82) is 0 Å². The van der Waals surface area contributed by atoms with E-state index in [4.69, 9.17) is 0 Å². The van der Waals surface area contributed by atoms with Gasteiger partial charge in [-0.05, 0) is 55.8 Å². The number of allylic oxidation sites excluding steroid dienone is 1. The third kappa shape index (κ3) is 4.55. The highest BCUT2D eigenvalue weighted by atomic mass is 32.2. The van der Waals surface area contributed by atoms with E-state index in [0.717, 1.165) is 24.3 Å². The fourth-order valence-electron chi connectivity index (χ4n) is 3.32. The molecule has 160 valence electrons. The van der Waals surface area contributed by atoms with Crippen LogP contribution in [0.4, 0.5) is 17.6 Å². The van der Waals surface area contributed by atoms with Crippen LogP contribution in [0.1, 0.15) is 6.42 Å². The van der Waals surface area contributed by atoms with Crippen LogP contribution in [0.15, 0.2) is 52.3 Å². The fourth-order valence-corrected chi connectivity index (χ4v) is 5.27.